The molecule has 0 bridgehead atoms. The molecule has 3 aromatic rings. The van der Waals surface area contributed by atoms with Gasteiger partial charge in [-0.1, -0.05) is 18.2 Å². The van der Waals surface area contributed by atoms with Gasteiger partial charge in [0.15, 0.2) is 0 Å². The van der Waals surface area contributed by atoms with Crippen molar-refractivity contribution < 1.29 is 4.79 Å². The van der Waals surface area contributed by atoms with Gasteiger partial charge in [-0.2, -0.15) is 5.10 Å². The number of rotatable bonds is 1. The standard InChI is InChI=1S/C18H18N4O/c23-18(14-10-19-15-6-2-1-4-12(14)15)21-8-9-22-17(11-21)13-5-3-7-16(13)20-22/h1-2,4,6,10,19H,3,5,7-9,11H2. The summed E-state index contributed by atoms with van der Waals surface area (Å²) in [6.07, 6.45) is 5.23. The molecule has 1 amide bonds. The summed E-state index contributed by atoms with van der Waals surface area (Å²) in [7, 11) is 0. The molecule has 1 aliphatic heterocycles. The van der Waals surface area contributed by atoms with E-state index in [0.717, 1.165) is 42.4 Å². The summed E-state index contributed by atoms with van der Waals surface area (Å²) >= 11 is 0. The lowest BCUT2D eigenvalue weighted by Crippen LogP contribution is -2.38. The van der Waals surface area contributed by atoms with Crippen LogP contribution in [0.4, 0.5) is 0 Å². The minimum Gasteiger partial charge on any atom is -0.360 e. The Hall–Kier alpha value is -2.56. The van der Waals surface area contributed by atoms with Crippen LogP contribution in [0.3, 0.4) is 0 Å². The number of nitrogens with zero attached hydrogens (tertiary/aromatic N) is 3. The Labute approximate surface area is 133 Å². The molecule has 0 fully saturated rings. The number of hydrogen-bond acceptors (Lipinski definition) is 2. The minimum atomic E-state index is 0.113. The van der Waals surface area contributed by atoms with Gasteiger partial charge in [-0.3, -0.25) is 9.48 Å². The van der Waals surface area contributed by atoms with Gasteiger partial charge in [0.2, 0.25) is 0 Å². The highest BCUT2D eigenvalue weighted by Crippen LogP contribution is 2.29. The van der Waals surface area contributed by atoms with Gasteiger partial charge in [0.25, 0.3) is 5.91 Å². The van der Waals surface area contributed by atoms with Crippen LogP contribution in [-0.4, -0.2) is 32.1 Å². The summed E-state index contributed by atoms with van der Waals surface area (Å²) in [6, 6.07) is 7.97. The van der Waals surface area contributed by atoms with Gasteiger partial charge in [-0.15, -0.1) is 0 Å². The third-order valence-corrected chi connectivity index (χ3v) is 5.12. The molecule has 1 aliphatic carbocycles. The number of hydrogen-bond donors (Lipinski definition) is 1. The van der Waals surface area contributed by atoms with Crippen molar-refractivity contribution in [3.8, 4) is 0 Å². The number of benzene rings is 1. The summed E-state index contributed by atoms with van der Waals surface area (Å²) in [4.78, 5) is 18.1. The van der Waals surface area contributed by atoms with Gasteiger partial charge in [-0.25, -0.2) is 0 Å². The second-order valence-electron chi connectivity index (χ2n) is 6.42. The summed E-state index contributed by atoms with van der Waals surface area (Å²) in [6.45, 7) is 2.21. The summed E-state index contributed by atoms with van der Waals surface area (Å²) in [5, 5.41) is 5.71. The fourth-order valence-electron chi connectivity index (χ4n) is 3.94. The lowest BCUT2D eigenvalue weighted by atomic mass is 10.1. The van der Waals surface area contributed by atoms with E-state index < -0.39 is 0 Å². The van der Waals surface area contributed by atoms with Crippen molar-refractivity contribution in [1.82, 2.24) is 19.7 Å². The molecule has 5 heteroatoms. The van der Waals surface area contributed by atoms with E-state index in [1.165, 1.54) is 23.4 Å². The van der Waals surface area contributed by atoms with E-state index in [-0.39, 0.29) is 5.91 Å². The van der Waals surface area contributed by atoms with Crippen molar-refractivity contribution in [2.75, 3.05) is 6.54 Å². The smallest absolute Gasteiger partial charge is 0.256 e. The Morgan fingerprint density at radius 2 is 2.09 bits per heavy atom. The van der Waals surface area contributed by atoms with E-state index in [2.05, 4.69) is 9.67 Å². The molecule has 0 atom stereocenters. The van der Waals surface area contributed by atoms with Gasteiger partial charge in [-0.05, 0) is 30.9 Å². The number of aromatic nitrogens is 3. The average Bonchev–Trinajstić information content (AvgIpc) is 3.27. The maximum Gasteiger partial charge on any atom is 0.256 e. The van der Waals surface area contributed by atoms with Crippen LogP contribution in [0.5, 0.6) is 0 Å². The summed E-state index contributed by atoms with van der Waals surface area (Å²) in [5.74, 6) is 0.113. The highest BCUT2D eigenvalue weighted by molar-refractivity contribution is 6.06. The molecule has 0 spiro atoms. The van der Waals surface area contributed by atoms with Crippen LogP contribution in [0.15, 0.2) is 30.5 Å². The Morgan fingerprint density at radius 1 is 1.17 bits per heavy atom. The molecule has 5 nitrogen and oxygen atoms in total. The molecular weight excluding hydrogens is 288 g/mol. The van der Waals surface area contributed by atoms with Crippen LogP contribution < -0.4 is 0 Å². The first-order valence-corrected chi connectivity index (χ1v) is 8.24. The molecule has 0 radical (unpaired) electrons. The first-order valence-electron chi connectivity index (χ1n) is 8.24. The molecule has 3 heterocycles. The maximum atomic E-state index is 13.0. The molecule has 1 N–H and O–H groups in total. The van der Waals surface area contributed by atoms with E-state index >= 15 is 0 Å². The Morgan fingerprint density at radius 3 is 3.04 bits per heavy atom. The highest BCUT2D eigenvalue weighted by atomic mass is 16.2. The third kappa shape index (κ3) is 1.86. The predicted molar refractivity (Wildman–Crippen MR) is 87.3 cm³/mol. The molecule has 23 heavy (non-hydrogen) atoms. The molecule has 5 rings (SSSR count). The van der Waals surface area contributed by atoms with Crippen molar-refractivity contribution >= 4 is 16.8 Å². The first kappa shape index (κ1) is 12.9. The third-order valence-electron chi connectivity index (χ3n) is 5.12. The van der Waals surface area contributed by atoms with E-state index in [0.29, 0.717) is 6.54 Å². The Balaban J connectivity index is 1.49. The van der Waals surface area contributed by atoms with E-state index in [1.54, 1.807) is 0 Å². The van der Waals surface area contributed by atoms with Gasteiger partial charge < -0.3 is 9.88 Å². The maximum absolute atomic E-state index is 13.0. The number of carbonyl (C=O) groups excluding carboxylic acids is 1. The SMILES string of the molecule is O=C(c1c[nH]c2ccccc12)N1CCn2nc3c(c2C1)CCC3. The monoisotopic (exact) mass is 306 g/mol. The second kappa shape index (κ2) is 4.72. The minimum absolute atomic E-state index is 0.113. The predicted octanol–water partition coefficient (Wildman–Crippen LogP) is 2.51. The fourth-order valence-corrected chi connectivity index (χ4v) is 3.94. The molecular formula is C18H18N4O. The van der Waals surface area contributed by atoms with E-state index in [1.807, 2.05) is 35.4 Å². The zero-order chi connectivity index (χ0) is 15.4. The zero-order valence-corrected chi connectivity index (χ0v) is 12.9. The van der Waals surface area contributed by atoms with Crippen molar-refractivity contribution in [1.29, 1.82) is 0 Å². The molecule has 0 saturated heterocycles. The number of aryl methyl sites for hydroxylation is 1. The van der Waals surface area contributed by atoms with E-state index in [9.17, 15) is 4.79 Å². The molecule has 1 aromatic carbocycles. The quantitative estimate of drug-likeness (QED) is 0.751. The molecule has 2 aromatic heterocycles. The lowest BCUT2D eigenvalue weighted by Gasteiger charge is -2.28. The topological polar surface area (TPSA) is 53.9 Å². The van der Waals surface area contributed by atoms with Crippen molar-refractivity contribution in [3.63, 3.8) is 0 Å². The van der Waals surface area contributed by atoms with Crippen LogP contribution in [0, 0.1) is 0 Å². The largest absolute Gasteiger partial charge is 0.360 e. The van der Waals surface area contributed by atoms with Crippen LogP contribution in [0.25, 0.3) is 10.9 Å². The van der Waals surface area contributed by atoms with Crippen molar-refractivity contribution in [2.45, 2.75) is 32.4 Å². The molecule has 0 unspecified atom stereocenters. The molecule has 2 aliphatic rings. The van der Waals surface area contributed by atoms with Crippen LogP contribution >= 0.6 is 0 Å². The number of para-hydroxylation sites is 1. The van der Waals surface area contributed by atoms with Gasteiger partial charge >= 0.3 is 0 Å². The molecule has 116 valence electrons. The highest BCUT2D eigenvalue weighted by Gasteiger charge is 2.29. The Bertz CT molecular complexity index is 920. The number of nitrogens with one attached hydrogen (secondary N) is 1. The normalized spacial score (nSPS) is 16.6. The van der Waals surface area contributed by atoms with Crippen LogP contribution in [-0.2, 0) is 25.9 Å². The zero-order valence-electron chi connectivity index (χ0n) is 12.9. The lowest BCUT2D eigenvalue weighted by molar-refractivity contribution is 0.0707. The van der Waals surface area contributed by atoms with Gasteiger partial charge in [0.05, 0.1) is 30.0 Å². The van der Waals surface area contributed by atoms with Gasteiger partial charge in [0.1, 0.15) is 0 Å². The number of carbonyl (C=O) groups is 1. The van der Waals surface area contributed by atoms with E-state index in [4.69, 9.17) is 5.10 Å². The number of H-pyrrole nitrogens is 1. The number of fused-ring (bicyclic) bond motifs is 4. The van der Waals surface area contributed by atoms with Gasteiger partial charge in [0, 0.05) is 23.6 Å². The molecule has 0 saturated carbocycles. The summed E-state index contributed by atoms with van der Waals surface area (Å²) < 4.78 is 2.11. The Kier molecular flexibility index (Phi) is 2.65. The van der Waals surface area contributed by atoms with Crippen molar-refractivity contribution in [2.24, 2.45) is 0 Å². The second-order valence-corrected chi connectivity index (χ2v) is 6.42. The summed E-state index contributed by atoms with van der Waals surface area (Å²) in [5.41, 5.74) is 5.67. The van der Waals surface area contributed by atoms with Crippen LogP contribution in [0.2, 0.25) is 0 Å². The fraction of sp³-hybridized carbons (Fsp3) is 0.333. The number of aromatic amines is 1. The van der Waals surface area contributed by atoms with Crippen LogP contribution in [0.1, 0.15) is 33.7 Å². The average molecular weight is 306 g/mol. The van der Waals surface area contributed by atoms with Crippen molar-refractivity contribution in [3.05, 3.63) is 53.0 Å². The number of amides is 1. The first-order chi connectivity index (χ1) is 11.3.